The van der Waals surface area contributed by atoms with Gasteiger partial charge in [0.25, 0.3) is 0 Å². The first-order chi connectivity index (χ1) is 23.3. The van der Waals surface area contributed by atoms with Gasteiger partial charge in [-0.3, -0.25) is 4.90 Å². The fourth-order valence-corrected chi connectivity index (χ4v) is 19.0. The average Bonchev–Trinajstić information content (AvgIpc) is 3.83. The zero-order valence-electron chi connectivity index (χ0n) is 30.5. The summed E-state index contributed by atoms with van der Waals surface area (Å²) in [5.41, 5.74) is 0. The van der Waals surface area contributed by atoms with E-state index in [0.717, 1.165) is 113 Å². The van der Waals surface area contributed by atoms with Crippen LogP contribution in [0.2, 0.25) is 0 Å². The van der Waals surface area contributed by atoms with E-state index in [0.29, 0.717) is 0 Å². The Bertz CT molecular complexity index is 1080. The third-order valence-electron chi connectivity index (χ3n) is 20.2. The normalized spacial score (nSPS) is 58.6. The van der Waals surface area contributed by atoms with E-state index < -0.39 is 0 Å². The van der Waals surface area contributed by atoms with E-state index >= 15 is 0 Å². The Morgan fingerprint density at radius 1 is 0.255 bits per heavy atom. The molecule has 0 aromatic carbocycles. The van der Waals surface area contributed by atoms with E-state index in [1.807, 2.05) is 0 Å². The van der Waals surface area contributed by atoms with Crippen molar-refractivity contribution in [3.8, 4) is 0 Å². The molecule has 0 aromatic rings. The van der Waals surface area contributed by atoms with Gasteiger partial charge in [-0.15, -0.1) is 0 Å². The molecule has 10 aliphatic carbocycles. The second kappa shape index (κ2) is 12.3. The van der Waals surface area contributed by atoms with Crippen LogP contribution in [-0.4, -0.2) is 23.0 Å². The van der Waals surface area contributed by atoms with Crippen LogP contribution in [0, 0.1) is 94.7 Å². The molecule has 47 heavy (non-hydrogen) atoms. The average molecular weight is 640 g/mol. The van der Waals surface area contributed by atoms with Gasteiger partial charge < -0.3 is 0 Å². The molecule has 0 radical (unpaired) electrons. The van der Waals surface area contributed by atoms with Crippen LogP contribution in [0.3, 0.4) is 0 Å². The van der Waals surface area contributed by atoms with Crippen molar-refractivity contribution in [1.29, 1.82) is 0 Å². The lowest BCUT2D eigenvalue weighted by molar-refractivity contribution is -0.0261. The lowest BCUT2D eigenvalue weighted by atomic mass is 9.54. The molecule has 0 spiro atoms. The van der Waals surface area contributed by atoms with Crippen LogP contribution in [0.5, 0.6) is 0 Å². The van der Waals surface area contributed by atoms with Crippen molar-refractivity contribution >= 4 is 0 Å². The van der Waals surface area contributed by atoms with Crippen LogP contribution in [-0.2, 0) is 0 Å². The zero-order valence-corrected chi connectivity index (χ0v) is 30.5. The Morgan fingerprint density at radius 3 is 1.38 bits per heavy atom. The molecule has 18 unspecified atom stereocenters. The highest BCUT2D eigenvalue weighted by molar-refractivity contribution is 5.14. The number of hydrogen-bond acceptors (Lipinski definition) is 1. The lowest BCUT2D eigenvalue weighted by Gasteiger charge is -2.51. The molecule has 0 amide bonds. The van der Waals surface area contributed by atoms with Crippen LogP contribution in [0.1, 0.15) is 173 Å². The fraction of sp³-hybridized carbons (Fsp3) is 1.00. The molecule has 1 heterocycles. The first kappa shape index (κ1) is 30.6. The van der Waals surface area contributed by atoms with Crippen molar-refractivity contribution in [3.05, 3.63) is 0 Å². The second-order valence-corrected chi connectivity index (χ2v) is 21.3. The molecule has 0 N–H and O–H groups in total. The maximum absolute atomic E-state index is 3.46. The number of fused-ring (bicyclic) bond motifs is 13. The minimum Gasteiger partial charge on any atom is -0.294 e. The van der Waals surface area contributed by atoms with Crippen molar-refractivity contribution in [2.24, 2.45) is 94.7 Å². The Balaban J connectivity index is 0.877. The lowest BCUT2D eigenvalue weighted by Crippen LogP contribution is -2.51. The minimum absolute atomic E-state index is 0.967. The van der Waals surface area contributed by atoms with Gasteiger partial charge in [0.15, 0.2) is 0 Å². The summed E-state index contributed by atoms with van der Waals surface area (Å²) in [6.07, 6.45) is 43.4. The number of nitrogens with zero attached hydrogens (tertiary/aromatic N) is 1. The van der Waals surface area contributed by atoms with Crippen LogP contribution in [0.25, 0.3) is 0 Å². The predicted molar refractivity (Wildman–Crippen MR) is 194 cm³/mol. The van der Waals surface area contributed by atoms with Crippen molar-refractivity contribution in [3.63, 3.8) is 0 Å². The summed E-state index contributed by atoms with van der Waals surface area (Å²) >= 11 is 0. The molecule has 11 aliphatic rings. The van der Waals surface area contributed by atoms with E-state index in [-0.39, 0.29) is 0 Å². The van der Waals surface area contributed by atoms with E-state index in [4.69, 9.17) is 0 Å². The van der Waals surface area contributed by atoms with Crippen LogP contribution in [0.4, 0.5) is 0 Å². The largest absolute Gasteiger partial charge is 0.294 e. The third kappa shape index (κ3) is 4.88. The first-order valence-electron chi connectivity index (χ1n) is 23.1. The van der Waals surface area contributed by atoms with Crippen LogP contribution in [0.15, 0.2) is 0 Å². The summed E-state index contributed by atoms with van der Waals surface area (Å²) in [4.78, 5) is 3.46. The molecular formula is C46H73N. The van der Waals surface area contributed by atoms with Gasteiger partial charge in [0.2, 0.25) is 0 Å². The van der Waals surface area contributed by atoms with Crippen molar-refractivity contribution < 1.29 is 0 Å². The quantitative estimate of drug-likeness (QED) is 0.291. The molecule has 0 bridgehead atoms. The molecule has 1 saturated heterocycles. The van der Waals surface area contributed by atoms with Gasteiger partial charge >= 0.3 is 0 Å². The van der Waals surface area contributed by atoms with Crippen molar-refractivity contribution in [2.45, 2.75) is 191 Å². The van der Waals surface area contributed by atoms with Crippen LogP contribution < -0.4 is 0 Å². The Hall–Kier alpha value is -0.0400. The van der Waals surface area contributed by atoms with Gasteiger partial charge in [0, 0.05) is 18.1 Å². The van der Waals surface area contributed by atoms with Gasteiger partial charge in [-0.1, -0.05) is 83.5 Å². The van der Waals surface area contributed by atoms with Crippen molar-refractivity contribution in [1.82, 2.24) is 4.90 Å². The molecule has 0 aromatic heterocycles. The summed E-state index contributed by atoms with van der Waals surface area (Å²) in [6, 6.07) is 2.95. The Morgan fingerprint density at radius 2 is 0.745 bits per heavy atom. The molecule has 10 saturated carbocycles. The van der Waals surface area contributed by atoms with E-state index in [1.165, 1.54) is 0 Å². The van der Waals surface area contributed by atoms with Gasteiger partial charge in [0.1, 0.15) is 0 Å². The van der Waals surface area contributed by atoms with Crippen LogP contribution >= 0.6 is 0 Å². The zero-order chi connectivity index (χ0) is 30.6. The molecular weight excluding hydrogens is 567 g/mol. The van der Waals surface area contributed by atoms with Gasteiger partial charge in [-0.05, 0) is 185 Å². The minimum atomic E-state index is 0.967. The molecule has 11 fully saturated rings. The topological polar surface area (TPSA) is 3.24 Å². The summed E-state index contributed by atoms with van der Waals surface area (Å²) in [5.74, 6) is 18.0. The number of rotatable bonds is 2. The summed E-state index contributed by atoms with van der Waals surface area (Å²) in [5, 5.41) is 0. The SMILES string of the molecule is C1CCC2CC(C3CC4CCCCC4C4CC5CC(N6C7CCC8CCCCC8C7C7C8CCCCC8CCC76)CCC5C34)CC2C1. The Labute approximate surface area is 290 Å². The number of likely N-dealkylation sites (tertiary alicyclic amines) is 1. The predicted octanol–water partition coefficient (Wildman–Crippen LogP) is 11.9. The Kier molecular flexibility index (Phi) is 7.99. The highest BCUT2D eigenvalue weighted by Crippen LogP contribution is 2.67. The highest BCUT2D eigenvalue weighted by atomic mass is 15.3. The summed E-state index contributed by atoms with van der Waals surface area (Å²) in [6.45, 7) is 0. The molecule has 1 aliphatic heterocycles. The highest BCUT2D eigenvalue weighted by Gasteiger charge is 2.63. The molecule has 262 valence electrons. The van der Waals surface area contributed by atoms with Gasteiger partial charge in [0.05, 0.1) is 0 Å². The third-order valence-corrected chi connectivity index (χ3v) is 20.2. The standard InChI is InChI=1S/C46H73N/c1-2-12-31-24-33(23-30(31)11-1)40-26-32-13-5-6-14-36(32)41-27-34-25-35(19-20-39(34)44(40)41)47-42-21-17-28-9-3-7-15-37(28)45(42)46-38-16-8-4-10-29(38)18-22-43(46)47/h28-46H,1-27H2. The summed E-state index contributed by atoms with van der Waals surface area (Å²) in [7, 11) is 0. The summed E-state index contributed by atoms with van der Waals surface area (Å²) < 4.78 is 0. The number of hydrogen-bond donors (Lipinski definition) is 0. The first-order valence-corrected chi connectivity index (χ1v) is 23.1. The monoisotopic (exact) mass is 640 g/mol. The molecule has 1 heteroatoms. The van der Waals surface area contributed by atoms with E-state index in [2.05, 4.69) is 4.90 Å². The van der Waals surface area contributed by atoms with Crippen molar-refractivity contribution in [2.75, 3.05) is 0 Å². The molecule has 18 atom stereocenters. The fourth-order valence-electron chi connectivity index (χ4n) is 19.0. The smallest absolute Gasteiger partial charge is 0.0136 e. The van der Waals surface area contributed by atoms with E-state index in [1.54, 1.807) is 173 Å². The van der Waals surface area contributed by atoms with E-state index in [9.17, 15) is 0 Å². The maximum Gasteiger partial charge on any atom is 0.0136 e. The molecule has 1 nitrogen and oxygen atoms in total. The van der Waals surface area contributed by atoms with Gasteiger partial charge in [-0.2, -0.15) is 0 Å². The van der Waals surface area contributed by atoms with Gasteiger partial charge in [-0.25, -0.2) is 0 Å². The maximum atomic E-state index is 3.46. The molecule has 11 rings (SSSR count). The second-order valence-electron chi connectivity index (χ2n) is 21.3.